The minimum absolute atomic E-state index is 0.308. The topological polar surface area (TPSA) is 79.6 Å². The summed E-state index contributed by atoms with van der Waals surface area (Å²) in [5.74, 6) is 3.36. The molecule has 8 nitrogen and oxygen atoms in total. The number of hydrogen-bond acceptors (Lipinski definition) is 6. The van der Waals surface area contributed by atoms with E-state index in [1.807, 2.05) is 23.1 Å². The van der Waals surface area contributed by atoms with Crippen molar-refractivity contribution in [2.45, 2.75) is 51.4 Å². The lowest BCUT2D eigenvalue weighted by molar-refractivity contribution is 0.169. The molecule has 4 heterocycles. The molecule has 2 aliphatic rings. The van der Waals surface area contributed by atoms with Crippen LogP contribution in [-0.2, 0) is 30.9 Å². The summed E-state index contributed by atoms with van der Waals surface area (Å²) in [4.78, 5) is 13.1. The summed E-state index contributed by atoms with van der Waals surface area (Å²) < 4.78 is 7.16. The van der Waals surface area contributed by atoms with Crippen LogP contribution in [0.15, 0.2) is 22.5 Å². The average Bonchev–Trinajstić information content (AvgIpc) is 3.40. The van der Waals surface area contributed by atoms with Crippen molar-refractivity contribution < 1.29 is 4.74 Å². The first kappa shape index (κ1) is 21.3. The molecule has 0 saturated carbocycles. The number of hydrogen-bond donors (Lipinski definition) is 2. The Morgan fingerprint density at radius 2 is 2.30 bits per heavy atom. The highest BCUT2D eigenvalue weighted by atomic mass is 32.1. The molecule has 2 unspecified atom stereocenters. The quantitative estimate of drug-likeness (QED) is 0.515. The molecule has 2 aliphatic heterocycles. The first-order valence-electron chi connectivity index (χ1n) is 10.9. The fourth-order valence-electron chi connectivity index (χ4n) is 4.38. The first-order valence-corrected chi connectivity index (χ1v) is 11.7. The van der Waals surface area contributed by atoms with Gasteiger partial charge in [0.1, 0.15) is 12.4 Å². The maximum atomic E-state index is 5.15. The molecule has 4 rings (SSSR count). The predicted octanol–water partition coefficient (Wildman–Crippen LogP) is 1.88. The second kappa shape index (κ2) is 10.4. The third-order valence-corrected chi connectivity index (χ3v) is 6.72. The van der Waals surface area contributed by atoms with E-state index in [-0.39, 0.29) is 0 Å². The van der Waals surface area contributed by atoms with E-state index in [2.05, 4.69) is 48.1 Å². The molecule has 1 saturated heterocycles. The number of thiophene rings is 1. The SMILES string of the molecule is CN=C(NCC1CCCN(Cc2cccs2)C1)NC1CCc2nc(COC)nn2C1. The molecule has 30 heavy (non-hydrogen) atoms. The Bertz CT molecular complexity index is 819. The van der Waals surface area contributed by atoms with Crippen LogP contribution in [0.4, 0.5) is 0 Å². The van der Waals surface area contributed by atoms with Crippen LogP contribution in [0, 0.1) is 5.92 Å². The fourth-order valence-corrected chi connectivity index (χ4v) is 5.13. The minimum atomic E-state index is 0.308. The van der Waals surface area contributed by atoms with Crippen LogP contribution in [0.3, 0.4) is 0 Å². The Hall–Kier alpha value is -1.97. The number of piperidine rings is 1. The smallest absolute Gasteiger partial charge is 0.191 e. The summed E-state index contributed by atoms with van der Waals surface area (Å²) in [6.45, 7) is 5.66. The normalized spacial score (nSPS) is 22.7. The average molecular weight is 432 g/mol. The summed E-state index contributed by atoms with van der Waals surface area (Å²) in [5.41, 5.74) is 0. The molecular formula is C21H33N7OS. The fraction of sp³-hybridized carbons (Fsp3) is 0.667. The van der Waals surface area contributed by atoms with Gasteiger partial charge >= 0.3 is 0 Å². The number of fused-ring (bicyclic) bond motifs is 1. The van der Waals surface area contributed by atoms with Crippen LogP contribution in [0.25, 0.3) is 0 Å². The summed E-state index contributed by atoms with van der Waals surface area (Å²) in [6.07, 6.45) is 4.50. The van der Waals surface area contributed by atoms with Gasteiger partial charge in [0.15, 0.2) is 11.8 Å². The van der Waals surface area contributed by atoms with E-state index < -0.39 is 0 Å². The molecule has 0 aliphatic carbocycles. The van der Waals surface area contributed by atoms with Crippen molar-refractivity contribution in [3.05, 3.63) is 34.0 Å². The van der Waals surface area contributed by atoms with Crippen molar-refractivity contribution in [3.63, 3.8) is 0 Å². The molecule has 164 valence electrons. The van der Waals surface area contributed by atoms with Crippen LogP contribution in [-0.4, -0.2) is 65.5 Å². The number of nitrogens with zero attached hydrogens (tertiary/aromatic N) is 5. The zero-order valence-electron chi connectivity index (χ0n) is 18.0. The molecule has 2 aromatic heterocycles. The van der Waals surface area contributed by atoms with Crippen LogP contribution in [0.5, 0.6) is 0 Å². The molecule has 0 amide bonds. The number of aromatic nitrogens is 3. The van der Waals surface area contributed by atoms with Crippen molar-refractivity contribution in [1.82, 2.24) is 30.3 Å². The maximum Gasteiger partial charge on any atom is 0.191 e. The number of guanidine groups is 1. The Morgan fingerprint density at radius 1 is 1.37 bits per heavy atom. The number of nitrogens with one attached hydrogen (secondary N) is 2. The Balaban J connectivity index is 1.24. The van der Waals surface area contributed by atoms with Crippen molar-refractivity contribution in [3.8, 4) is 0 Å². The highest BCUT2D eigenvalue weighted by Crippen LogP contribution is 2.20. The van der Waals surface area contributed by atoms with Crippen LogP contribution >= 0.6 is 11.3 Å². The lowest BCUT2D eigenvalue weighted by Crippen LogP contribution is -2.49. The van der Waals surface area contributed by atoms with E-state index in [4.69, 9.17) is 4.74 Å². The second-order valence-corrected chi connectivity index (χ2v) is 9.25. The highest BCUT2D eigenvalue weighted by Gasteiger charge is 2.24. The second-order valence-electron chi connectivity index (χ2n) is 8.22. The van der Waals surface area contributed by atoms with Gasteiger partial charge in [0.25, 0.3) is 0 Å². The third kappa shape index (κ3) is 5.59. The number of methoxy groups -OCH3 is 1. The highest BCUT2D eigenvalue weighted by molar-refractivity contribution is 7.09. The minimum Gasteiger partial charge on any atom is -0.377 e. The van der Waals surface area contributed by atoms with Crippen molar-refractivity contribution >= 4 is 17.3 Å². The van der Waals surface area contributed by atoms with Gasteiger partial charge in [0.05, 0.1) is 6.54 Å². The molecule has 1 fully saturated rings. The van der Waals surface area contributed by atoms with Crippen LogP contribution in [0.1, 0.15) is 35.8 Å². The maximum absolute atomic E-state index is 5.15. The van der Waals surface area contributed by atoms with Gasteiger partial charge in [-0.3, -0.25) is 9.89 Å². The monoisotopic (exact) mass is 431 g/mol. The lowest BCUT2D eigenvalue weighted by Gasteiger charge is -2.33. The van der Waals surface area contributed by atoms with E-state index in [9.17, 15) is 0 Å². The van der Waals surface area contributed by atoms with Gasteiger partial charge in [0.2, 0.25) is 0 Å². The summed E-state index contributed by atoms with van der Waals surface area (Å²) >= 11 is 1.85. The molecule has 2 aromatic rings. The summed E-state index contributed by atoms with van der Waals surface area (Å²) in [6, 6.07) is 4.69. The van der Waals surface area contributed by atoms with E-state index in [0.717, 1.165) is 56.6 Å². The largest absolute Gasteiger partial charge is 0.377 e. The van der Waals surface area contributed by atoms with Gasteiger partial charge in [-0.1, -0.05) is 6.07 Å². The number of likely N-dealkylation sites (tertiary alicyclic amines) is 1. The van der Waals surface area contributed by atoms with Gasteiger partial charge in [-0.05, 0) is 43.2 Å². The molecule has 0 spiro atoms. The first-order chi connectivity index (χ1) is 14.7. The van der Waals surface area contributed by atoms with Crippen molar-refractivity contribution in [1.29, 1.82) is 0 Å². The standard InChI is InChI=1S/C21H33N7OS/c1-22-21(24-17-7-8-20-25-19(15-29-2)26-28(20)13-17)23-11-16-5-3-9-27(12-16)14-18-6-4-10-30-18/h4,6,10,16-17H,3,5,7-9,11-15H2,1-2H3,(H2,22,23,24). The summed E-state index contributed by atoms with van der Waals surface area (Å²) in [7, 11) is 3.52. The predicted molar refractivity (Wildman–Crippen MR) is 120 cm³/mol. The van der Waals surface area contributed by atoms with Gasteiger partial charge in [-0.25, -0.2) is 9.67 Å². The molecular weight excluding hydrogens is 398 g/mol. The Morgan fingerprint density at radius 3 is 3.10 bits per heavy atom. The Kier molecular flexibility index (Phi) is 7.35. The molecule has 0 bridgehead atoms. The Labute approximate surface area is 182 Å². The molecule has 0 aromatic carbocycles. The number of rotatable bonds is 7. The van der Waals surface area contributed by atoms with E-state index in [0.29, 0.717) is 18.6 Å². The zero-order valence-corrected chi connectivity index (χ0v) is 18.8. The van der Waals surface area contributed by atoms with Crippen molar-refractivity contribution in [2.24, 2.45) is 10.9 Å². The molecule has 2 atom stereocenters. The third-order valence-electron chi connectivity index (χ3n) is 5.86. The zero-order chi connectivity index (χ0) is 20.8. The van der Waals surface area contributed by atoms with E-state index >= 15 is 0 Å². The number of aliphatic imine (C=N–C) groups is 1. The van der Waals surface area contributed by atoms with Gasteiger partial charge < -0.3 is 15.4 Å². The summed E-state index contributed by atoms with van der Waals surface area (Å²) in [5, 5.41) is 13.9. The lowest BCUT2D eigenvalue weighted by atomic mass is 9.98. The van der Waals surface area contributed by atoms with E-state index in [1.54, 1.807) is 7.11 Å². The number of ether oxygens (including phenoxy) is 1. The number of aryl methyl sites for hydroxylation is 1. The molecule has 0 radical (unpaired) electrons. The van der Waals surface area contributed by atoms with Gasteiger partial charge in [-0.2, -0.15) is 5.10 Å². The van der Waals surface area contributed by atoms with Gasteiger partial charge in [-0.15, -0.1) is 11.3 Å². The van der Waals surface area contributed by atoms with Crippen LogP contribution in [0.2, 0.25) is 0 Å². The van der Waals surface area contributed by atoms with Crippen LogP contribution < -0.4 is 10.6 Å². The van der Waals surface area contributed by atoms with Gasteiger partial charge in [0, 0.05) is 51.1 Å². The van der Waals surface area contributed by atoms with Crippen molar-refractivity contribution in [2.75, 3.05) is 33.8 Å². The molecule has 9 heteroatoms. The molecule has 2 N–H and O–H groups in total. The van der Waals surface area contributed by atoms with E-state index in [1.165, 1.54) is 24.3 Å².